The van der Waals surface area contributed by atoms with Gasteiger partial charge in [0.2, 0.25) is 0 Å². The summed E-state index contributed by atoms with van der Waals surface area (Å²) in [4.78, 5) is 15.0. The molecule has 1 aromatic carbocycles. The summed E-state index contributed by atoms with van der Waals surface area (Å²) in [7, 11) is 2.02. The van der Waals surface area contributed by atoms with Gasteiger partial charge in [0.15, 0.2) is 0 Å². The smallest absolute Gasteiger partial charge is 0.251 e. The number of amides is 1. The van der Waals surface area contributed by atoms with E-state index >= 15 is 0 Å². The van der Waals surface area contributed by atoms with Crippen molar-refractivity contribution in [2.75, 3.05) is 19.6 Å². The van der Waals surface area contributed by atoms with Gasteiger partial charge in [-0.3, -0.25) is 4.79 Å². The molecule has 0 spiro atoms. The van der Waals surface area contributed by atoms with E-state index in [0.717, 1.165) is 23.0 Å². The zero-order valence-corrected chi connectivity index (χ0v) is 12.4. The Hall–Kier alpha value is -1.81. The minimum atomic E-state index is 0.0690. The first-order valence-corrected chi connectivity index (χ1v) is 7.79. The van der Waals surface area contributed by atoms with E-state index in [1.807, 2.05) is 31.4 Å². The first-order valence-electron chi connectivity index (χ1n) is 7.79. The average molecular weight is 283 g/mol. The molecule has 0 radical (unpaired) electrons. The molecule has 1 atom stereocenters. The van der Waals surface area contributed by atoms with Crippen LogP contribution in [-0.2, 0) is 7.05 Å². The number of benzene rings is 1. The van der Waals surface area contributed by atoms with Crippen molar-refractivity contribution in [2.24, 2.45) is 13.0 Å². The number of aromatic nitrogens is 1. The number of fused-ring (bicyclic) bond motifs is 4. The molecule has 0 aliphatic carbocycles. The molecule has 3 aliphatic rings. The standard InChI is InChI=1S/C17H21N3O/c1-19-7-4-13-10-14(2-3-16(13)19)17(21)18-15-11-20-8-5-12(15)6-9-20/h2-4,7,10,12,15H,5-6,8-9,11H2,1H3,(H,18,21)/t15-/m0/s1. The van der Waals surface area contributed by atoms with Crippen molar-refractivity contribution < 1.29 is 4.79 Å². The van der Waals surface area contributed by atoms with Gasteiger partial charge in [-0.2, -0.15) is 0 Å². The Morgan fingerprint density at radius 3 is 2.76 bits per heavy atom. The third-order valence-electron chi connectivity index (χ3n) is 5.12. The summed E-state index contributed by atoms with van der Waals surface area (Å²) in [5, 5.41) is 4.37. The number of hydrogen-bond donors (Lipinski definition) is 1. The minimum absolute atomic E-state index is 0.0690. The largest absolute Gasteiger partial charge is 0.351 e. The molecule has 2 aromatic rings. The van der Waals surface area contributed by atoms with Gasteiger partial charge < -0.3 is 14.8 Å². The number of rotatable bonds is 2. The van der Waals surface area contributed by atoms with E-state index in [0.29, 0.717) is 12.0 Å². The maximum absolute atomic E-state index is 12.5. The Morgan fingerprint density at radius 2 is 2.05 bits per heavy atom. The zero-order chi connectivity index (χ0) is 14.4. The Kier molecular flexibility index (Phi) is 3.00. The molecule has 3 saturated heterocycles. The highest BCUT2D eigenvalue weighted by Gasteiger charge is 2.34. The molecule has 1 aromatic heterocycles. The van der Waals surface area contributed by atoms with Crippen LogP contribution in [0.3, 0.4) is 0 Å². The Labute approximate surface area is 124 Å². The second-order valence-electron chi connectivity index (χ2n) is 6.42. The Bertz CT molecular complexity index is 682. The van der Waals surface area contributed by atoms with Crippen molar-refractivity contribution in [3.8, 4) is 0 Å². The first-order chi connectivity index (χ1) is 10.2. The van der Waals surface area contributed by atoms with Crippen molar-refractivity contribution in [1.82, 2.24) is 14.8 Å². The lowest BCUT2D eigenvalue weighted by atomic mass is 9.84. The van der Waals surface area contributed by atoms with E-state index in [4.69, 9.17) is 0 Å². The molecule has 110 valence electrons. The molecule has 3 fully saturated rings. The van der Waals surface area contributed by atoms with Crippen LogP contribution >= 0.6 is 0 Å². The molecule has 4 heteroatoms. The van der Waals surface area contributed by atoms with Gasteiger partial charge in [0, 0.05) is 42.3 Å². The molecular formula is C17H21N3O. The van der Waals surface area contributed by atoms with Gasteiger partial charge >= 0.3 is 0 Å². The predicted molar refractivity (Wildman–Crippen MR) is 83.3 cm³/mol. The molecule has 3 aliphatic heterocycles. The number of aryl methyl sites for hydroxylation is 1. The second-order valence-corrected chi connectivity index (χ2v) is 6.42. The number of hydrogen-bond acceptors (Lipinski definition) is 2. The van der Waals surface area contributed by atoms with E-state index in [1.54, 1.807) is 0 Å². The first kappa shape index (κ1) is 12.9. The van der Waals surface area contributed by atoms with E-state index < -0.39 is 0 Å². The van der Waals surface area contributed by atoms with Crippen LogP contribution in [0.1, 0.15) is 23.2 Å². The van der Waals surface area contributed by atoms with Crippen LogP contribution < -0.4 is 5.32 Å². The third-order valence-corrected chi connectivity index (χ3v) is 5.12. The molecule has 2 bridgehead atoms. The molecular weight excluding hydrogens is 262 g/mol. The average Bonchev–Trinajstić information content (AvgIpc) is 2.89. The van der Waals surface area contributed by atoms with Crippen LogP contribution in [-0.4, -0.2) is 41.1 Å². The zero-order valence-electron chi connectivity index (χ0n) is 12.4. The molecule has 0 saturated carbocycles. The molecule has 0 unspecified atom stereocenters. The highest BCUT2D eigenvalue weighted by atomic mass is 16.1. The molecule has 1 N–H and O–H groups in total. The van der Waals surface area contributed by atoms with Crippen LogP contribution in [0, 0.1) is 5.92 Å². The van der Waals surface area contributed by atoms with Crippen LogP contribution in [0.5, 0.6) is 0 Å². The minimum Gasteiger partial charge on any atom is -0.351 e. The van der Waals surface area contributed by atoms with Crippen LogP contribution in [0.15, 0.2) is 30.5 Å². The van der Waals surface area contributed by atoms with Crippen LogP contribution in [0.25, 0.3) is 10.9 Å². The quantitative estimate of drug-likeness (QED) is 0.915. The summed E-state index contributed by atoms with van der Waals surface area (Å²) in [5.41, 5.74) is 1.93. The van der Waals surface area contributed by atoms with Gasteiger partial charge in [-0.05, 0) is 56.1 Å². The van der Waals surface area contributed by atoms with Crippen molar-refractivity contribution in [1.29, 1.82) is 0 Å². The van der Waals surface area contributed by atoms with E-state index in [-0.39, 0.29) is 5.91 Å². The fraction of sp³-hybridized carbons (Fsp3) is 0.471. The van der Waals surface area contributed by atoms with Gasteiger partial charge in [-0.25, -0.2) is 0 Å². The number of carbonyl (C=O) groups is 1. The summed E-state index contributed by atoms with van der Waals surface area (Å²) >= 11 is 0. The van der Waals surface area contributed by atoms with Crippen molar-refractivity contribution >= 4 is 16.8 Å². The molecule has 4 heterocycles. The summed E-state index contributed by atoms with van der Waals surface area (Å²) in [6, 6.07) is 8.33. The van der Waals surface area contributed by atoms with Crippen LogP contribution in [0.4, 0.5) is 0 Å². The van der Waals surface area contributed by atoms with Crippen molar-refractivity contribution in [3.63, 3.8) is 0 Å². The highest BCUT2D eigenvalue weighted by molar-refractivity contribution is 5.98. The lowest BCUT2D eigenvalue weighted by Crippen LogP contribution is -2.57. The maximum Gasteiger partial charge on any atom is 0.251 e. The topological polar surface area (TPSA) is 37.3 Å². The number of nitrogens with zero attached hydrogens (tertiary/aromatic N) is 2. The predicted octanol–water partition coefficient (Wildman–Crippen LogP) is 2.00. The van der Waals surface area contributed by atoms with Crippen molar-refractivity contribution in [3.05, 3.63) is 36.0 Å². The lowest BCUT2D eigenvalue weighted by Gasteiger charge is -2.44. The van der Waals surface area contributed by atoms with Gasteiger partial charge in [0.05, 0.1) is 0 Å². The summed E-state index contributed by atoms with van der Waals surface area (Å²) in [6.07, 6.45) is 4.48. The summed E-state index contributed by atoms with van der Waals surface area (Å²) in [6.45, 7) is 3.42. The van der Waals surface area contributed by atoms with Gasteiger partial charge in [0.1, 0.15) is 0 Å². The van der Waals surface area contributed by atoms with E-state index in [2.05, 4.69) is 20.9 Å². The Balaban J connectivity index is 1.53. The maximum atomic E-state index is 12.5. The third kappa shape index (κ3) is 2.23. The monoisotopic (exact) mass is 283 g/mol. The van der Waals surface area contributed by atoms with Crippen molar-refractivity contribution in [2.45, 2.75) is 18.9 Å². The number of carbonyl (C=O) groups excluding carboxylic acids is 1. The highest BCUT2D eigenvalue weighted by Crippen LogP contribution is 2.27. The SMILES string of the molecule is Cn1ccc2cc(C(=O)N[C@H]3CN4CCC3CC4)ccc21. The van der Waals surface area contributed by atoms with Crippen LogP contribution in [0.2, 0.25) is 0 Å². The van der Waals surface area contributed by atoms with Gasteiger partial charge in [0.25, 0.3) is 5.91 Å². The fourth-order valence-corrected chi connectivity index (χ4v) is 3.80. The van der Waals surface area contributed by atoms with E-state index in [1.165, 1.54) is 25.9 Å². The molecule has 5 rings (SSSR count). The molecule has 21 heavy (non-hydrogen) atoms. The Morgan fingerprint density at radius 1 is 1.24 bits per heavy atom. The van der Waals surface area contributed by atoms with Gasteiger partial charge in [-0.15, -0.1) is 0 Å². The number of nitrogens with one attached hydrogen (secondary N) is 1. The second kappa shape index (κ2) is 4.88. The van der Waals surface area contributed by atoms with Gasteiger partial charge in [-0.1, -0.05) is 0 Å². The normalized spacial score (nSPS) is 28.0. The summed E-state index contributed by atoms with van der Waals surface area (Å²) in [5.74, 6) is 0.735. The molecule has 1 amide bonds. The lowest BCUT2D eigenvalue weighted by molar-refractivity contribution is 0.0620. The fourth-order valence-electron chi connectivity index (χ4n) is 3.80. The van der Waals surface area contributed by atoms with E-state index in [9.17, 15) is 4.79 Å². The number of piperidine rings is 3. The molecule has 4 nitrogen and oxygen atoms in total. The summed E-state index contributed by atoms with van der Waals surface area (Å²) < 4.78 is 2.07.